The molecular formula is C21H22BrN3O. The van der Waals surface area contributed by atoms with Gasteiger partial charge >= 0.3 is 0 Å². The number of aryl methyl sites for hydroxylation is 1. The van der Waals surface area contributed by atoms with Gasteiger partial charge < -0.3 is 5.32 Å². The van der Waals surface area contributed by atoms with Crippen LogP contribution >= 0.6 is 15.9 Å². The number of carbonyl (C=O) groups is 1. The number of carbonyl (C=O) groups excluding carboxylic acids is 1. The molecule has 0 spiro atoms. The van der Waals surface area contributed by atoms with E-state index in [2.05, 4.69) is 26.3 Å². The SMILES string of the molecule is Cc1nn(-c2ccccc2)c(C)c1CC(=O)NC(C)c1ccc(Br)cc1. The third kappa shape index (κ3) is 4.05. The Morgan fingerprint density at radius 2 is 1.77 bits per heavy atom. The molecule has 0 bridgehead atoms. The lowest BCUT2D eigenvalue weighted by molar-refractivity contribution is -0.121. The molecule has 0 saturated carbocycles. The summed E-state index contributed by atoms with van der Waals surface area (Å²) in [5.74, 6) is -0.000713. The predicted octanol–water partition coefficient (Wildman–Crippen LogP) is 4.67. The molecule has 134 valence electrons. The Bertz CT molecular complexity index is 901. The van der Waals surface area contributed by atoms with E-state index in [0.29, 0.717) is 6.42 Å². The molecule has 0 aliphatic rings. The zero-order valence-corrected chi connectivity index (χ0v) is 16.7. The van der Waals surface area contributed by atoms with Crippen molar-refractivity contribution in [3.63, 3.8) is 0 Å². The summed E-state index contributed by atoms with van der Waals surface area (Å²) in [6.07, 6.45) is 0.325. The van der Waals surface area contributed by atoms with Crippen molar-refractivity contribution in [1.82, 2.24) is 15.1 Å². The molecule has 1 N–H and O–H groups in total. The van der Waals surface area contributed by atoms with Crippen molar-refractivity contribution < 1.29 is 4.79 Å². The molecule has 0 radical (unpaired) electrons. The van der Waals surface area contributed by atoms with Crippen LogP contribution in [0.5, 0.6) is 0 Å². The maximum Gasteiger partial charge on any atom is 0.225 e. The van der Waals surface area contributed by atoms with E-state index in [1.165, 1.54) is 0 Å². The maximum absolute atomic E-state index is 12.6. The second-order valence-electron chi connectivity index (χ2n) is 6.41. The van der Waals surface area contributed by atoms with Crippen LogP contribution in [-0.4, -0.2) is 15.7 Å². The molecule has 26 heavy (non-hydrogen) atoms. The van der Waals surface area contributed by atoms with E-state index in [0.717, 1.165) is 32.7 Å². The Morgan fingerprint density at radius 1 is 1.12 bits per heavy atom. The first-order valence-corrected chi connectivity index (χ1v) is 9.40. The van der Waals surface area contributed by atoms with Gasteiger partial charge in [0, 0.05) is 15.7 Å². The van der Waals surface area contributed by atoms with E-state index in [9.17, 15) is 4.79 Å². The molecule has 0 aliphatic carbocycles. The fourth-order valence-corrected chi connectivity index (χ4v) is 3.30. The van der Waals surface area contributed by atoms with Gasteiger partial charge in [-0.25, -0.2) is 4.68 Å². The van der Waals surface area contributed by atoms with Gasteiger partial charge in [0.15, 0.2) is 0 Å². The number of hydrogen-bond acceptors (Lipinski definition) is 2. The zero-order valence-electron chi connectivity index (χ0n) is 15.2. The van der Waals surface area contributed by atoms with Crippen LogP contribution in [0.1, 0.15) is 35.5 Å². The average molecular weight is 412 g/mol. The van der Waals surface area contributed by atoms with E-state index < -0.39 is 0 Å². The van der Waals surface area contributed by atoms with Crippen LogP contribution in [0, 0.1) is 13.8 Å². The minimum Gasteiger partial charge on any atom is -0.349 e. The highest BCUT2D eigenvalue weighted by molar-refractivity contribution is 9.10. The summed E-state index contributed by atoms with van der Waals surface area (Å²) in [4.78, 5) is 12.6. The number of nitrogens with one attached hydrogen (secondary N) is 1. The number of hydrogen-bond donors (Lipinski definition) is 1. The highest BCUT2D eigenvalue weighted by Crippen LogP contribution is 2.20. The van der Waals surface area contributed by atoms with Crippen molar-refractivity contribution in [1.29, 1.82) is 0 Å². The lowest BCUT2D eigenvalue weighted by atomic mass is 10.1. The number of nitrogens with zero attached hydrogens (tertiary/aromatic N) is 2. The Kier molecular flexibility index (Phi) is 5.57. The summed E-state index contributed by atoms with van der Waals surface area (Å²) < 4.78 is 2.93. The second kappa shape index (κ2) is 7.87. The molecule has 1 atom stereocenters. The van der Waals surface area contributed by atoms with Gasteiger partial charge in [0.05, 0.1) is 23.8 Å². The summed E-state index contributed by atoms with van der Waals surface area (Å²) in [6.45, 7) is 5.95. The van der Waals surface area contributed by atoms with Gasteiger partial charge in [-0.05, 0) is 50.6 Å². The molecule has 1 heterocycles. The minimum absolute atomic E-state index is 0.000713. The van der Waals surface area contributed by atoms with E-state index in [1.54, 1.807) is 0 Å². The molecule has 0 aliphatic heterocycles. The lowest BCUT2D eigenvalue weighted by Crippen LogP contribution is -2.28. The minimum atomic E-state index is -0.0413. The molecule has 1 amide bonds. The lowest BCUT2D eigenvalue weighted by Gasteiger charge is -2.14. The molecule has 3 rings (SSSR count). The van der Waals surface area contributed by atoms with Gasteiger partial charge in [0.1, 0.15) is 0 Å². The highest BCUT2D eigenvalue weighted by Gasteiger charge is 2.17. The zero-order chi connectivity index (χ0) is 18.7. The van der Waals surface area contributed by atoms with Crippen LogP contribution < -0.4 is 5.32 Å². The molecule has 1 unspecified atom stereocenters. The molecular weight excluding hydrogens is 390 g/mol. The van der Waals surface area contributed by atoms with Gasteiger partial charge in [-0.3, -0.25) is 4.79 Å². The van der Waals surface area contributed by atoms with Crippen molar-refractivity contribution in [3.05, 3.63) is 81.6 Å². The smallest absolute Gasteiger partial charge is 0.225 e. The second-order valence-corrected chi connectivity index (χ2v) is 7.33. The van der Waals surface area contributed by atoms with Crippen LogP contribution in [-0.2, 0) is 11.2 Å². The van der Waals surface area contributed by atoms with E-state index in [-0.39, 0.29) is 11.9 Å². The van der Waals surface area contributed by atoms with E-state index in [1.807, 2.05) is 80.1 Å². The Morgan fingerprint density at radius 3 is 2.42 bits per heavy atom. The van der Waals surface area contributed by atoms with Crippen LogP contribution in [0.15, 0.2) is 59.1 Å². The Balaban J connectivity index is 1.73. The predicted molar refractivity (Wildman–Crippen MR) is 107 cm³/mol. The van der Waals surface area contributed by atoms with Crippen molar-refractivity contribution in [2.75, 3.05) is 0 Å². The average Bonchev–Trinajstić information content (AvgIpc) is 2.91. The first-order valence-electron chi connectivity index (χ1n) is 8.61. The molecule has 5 heteroatoms. The van der Waals surface area contributed by atoms with Gasteiger partial charge in [0.2, 0.25) is 5.91 Å². The fourth-order valence-electron chi connectivity index (χ4n) is 3.04. The first-order chi connectivity index (χ1) is 12.5. The first kappa shape index (κ1) is 18.4. The van der Waals surface area contributed by atoms with Gasteiger partial charge in [-0.1, -0.05) is 46.3 Å². The normalized spacial score (nSPS) is 12.0. The molecule has 2 aromatic carbocycles. The Labute approximate surface area is 162 Å². The van der Waals surface area contributed by atoms with Crippen molar-refractivity contribution >= 4 is 21.8 Å². The summed E-state index contributed by atoms with van der Waals surface area (Å²) in [6, 6.07) is 17.9. The van der Waals surface area contributed by atoms with Gasteiger partial charge in [0.25, 0.3) is 0 Å². The van der Waals surface area contributed by atoms with E-state index >= 15 is 0 Å². The fraction of sp³-hybridized carbons (Fsp3) is 0.238. The molecule has 4 nitrogen and oxygen atoms in total. The standard InChI is InChI=1S/C21H22BrN3O/c1-14(17-9-11-18(22)12-10-17)23-21(26)13-20-15(2)24-25(16(20)3)19-7-5-4-6-8-19/h4-12,14H,13H2,1-3H3,(H,23,26). The summed E-state index contributed by atoms with van der Waals surface area (Å²) in [7, 11) is 0. The van der Waals surface area contributed by atoms with Crippen LogP contribution in [0.3, 0.4) is 0 Å². The third-order valence-corrected chi connectivity index (χ3v) is 5.06. The van der Waals surface area contributed by atoms with Crippen LogP contribution in [0.4, 0.5) is 0 Å². The maximum atomic E-state index is 12.6. The molecule has 0 fully saturated rings. The quantitative estimate of drug-likeness (QED) is 0.662. The number of rotatable bonds is 5. The van der Waals surface area contributed by atoms with Gasteiger partial charge in [-0.2, -0.15) is 5.10 Å². The highest BCUT2D eigenvalue weighted by atomic mass is 79.9. The van der Waals surface area contributed by atoms with Crippen LogP contribution in [0.25, 0.3) is 5.69 Å². The number of amides is 1. The van der Waals surface area contributed by atoms with Crippen LogP contribution in [0.2, 0.25) is 0 Å². The summed E-state index contributed by atoms with van der Waals surface area (Å²) >= 11 is 3.43. The molecule has 3 aromatic rings. The van der Waals surface area contributed by atoms with Crippen molar-refractivity contribution in [3.8, 4) is 5.69 Å². The number of halogens is 1. The number of benzene rings is 2. The monoisotopic (exact) mass is 411 g/mol. The summed E-state index contributed by atoms with van der Waals surface area (Å²) in [5.41, 5.74) is 4.95. The Hall–Kier alpha value is -2.40. The van der Waals surface area contributed by atoms with Crippen molar-refractivity contribution in [2.45, 2.75) is 33.2 Å². The number of para-hydroxylation sites is 1. The third-order valence-electron chi connectivity index (χ3n) is 4.53. The summed E-state index contributed by atoms with van der Waals surface area (Å²) in [5, 5.41) is 7.69. The van der Waals surface area contributed by atoms with Gasteiger partial charge in [-0.15, -0.1) is 0 Å². The largest absolute Gasteiger partial charge is 0.349 e. The van der Waals surface area contributed by atoms with E-state index in [4.69, 9.17) is 0 Å². The van der Waals surface area contributed by atoms with Crippen molar-refractivity contribution in [2.24, 2.45) is 0 Å². The molecule has 0 saturated heterocycles. The molecule has 1 aromatic heterocycles. The number of aromatic nitrogens is 2. The topological polar surface area (TPSA) is 46.9 Å².